The lowest BCUT2D eigenvalue weighted by Crippen LogP contribution is -2.19. The third-order valence-electron chi connectivity index (χ3n) is 4.59. The average Bonchev–Trinajstić information content (AvgIpc) is 3.26. The van der Waals surface area contributed by atoms with Crippen LogP contribution in [0.3, 0.4) is 0 Å². The molecule has 4 aromatic rings. The van der Waals surface area contributed by atoms with Crippen molar-refractivity contribution in [3.05, 3.63) is 102 Å². The molecule has 0 aliphatic heterocycles. The van der Waals surface area contributed by atoms with Crippen LogP contribution in [0.2, 0.25) is 0 Å². The number of carbonyl (C=O) groups is 3. The third-order valence-corrected chi connectivity index (χ3v) is 5.39. The summed E-state index contributed by atoms with van der Waals surface area (Å²) in [5, 5.41) is 13.2. The number of thiazole rings is 1. The van der Waals surface area contributed by atoms with Crippen molar-refractivity contribution in [2.45, 2.75) is 6.42 Å². The molecule has 4 rings (SSSR count). The molecule has 0 radical (unpaired) electrons. The molecular formula is C25H21N5O3S. The van der Waals surface area contributed by atoms with E-state index in [0.29, 0.717) is 33.5 Å². The van der Waals surface area contributed by atoms with E-state index in [0.717, 1.165) is 0 Å². The Bertz CT molecular complexity index is 1290. The molecule has 1 aromatic heterocycles. The number of rotatable bonds is 7. The summed E-state index contributed by atoms with van der Waals surface area (Å²) < 4.78 is 0. The van der Waals surface area contributed by atoms with Gasteiger partial charge in [0, 0.05) is 28.0 Å². The number of para-hydroxylation sites is 1. The van der Waals surface area contributed by atoms with Gasteiger partial charge >= 0.3 is 6.03 Å². The summed E-state index contributed by atoms with van der Waals surface area (Å²) in [6.45, 7) is 0. The monoisotopic (exact) mass is 471 g/mol. The van der Waals surface area contributed by atoms with E-state index in [1.165, 1.54) is 11.3 Å². The first kappa shape index (κ1) is 22.7. The van der Waals surface area contributed by atoms with Crippen LogP contribution < -0.4 is 21.3 Å². The summed E-state index contributed by atoms with van der Waals surface area (Å²) in [6, 6.07) is 24.4. The molecule has 0 aliphatic rings. The minimum atomic E-state index is -0.387. The number of amides is 4. The van der Waals surface area contributed by atoms with E-state index in [9.17, 15) is 14.4 Å². The van der Waals surface area contributed by atoms with E-state index in [4.69, 9.17) is 0 Å². The van der Waals surface area contributed by atoms with Gasteiger partial charge in [0.1, 0.15) is 0 Å². The molecule has 8 nitrogen and oxygen atoms in total. The second-order valence-electron chi connectivity index (χ2n) is 7.22. The highest BCUT2D eigenvalue weighted by atomic mass is 32.1. The molecule has 34 heavy (non-hydrogen) atoms. The summed E-state index contributed by atoms with van der Waals surface area (Å²) in [7, 11) is 0. The molecule has 0 bridgehead atoms. The van der Waals surface area contributed by atoms with E-state index >= 15 is 0 Å². The van der Waals surface area contributed by atoms with Crippen molar-refractivity contribution in [3.63, 3.8) is 0 Å². The van der Waals surface area contributed by atoms with E-state index in [-0.39, 0.29) is 24.3 Å². The number of hydrogen-bond donors (Lipinski definition) is 4. The van der Waals surface area contributed by atoms with Gasteiger partial charge in [-0.05, 0) is 42.5 Å². The van der Waals surface area contributed by atoms with Gasteiger partial charge in [-0.3, -0.25) is 14.9 Å². The molecule has 1 heterocycles. The average molecular weight is 472 g/mol. The van der Waals surface area contributed by atoms with Crippen LogP contribution in [0.25, 0.3) is 0 Å². The quantitative estimate of drug-likeness (QED) is 0.296. The standard InChI is InChI=1S/C25H21N5O3S/c31-22(15-21-16-34-25(29-21)30-23(32)17-8-3-1-4-9-17)26-19-12-7-13-20(14-19)28-24(33)27-18-10-5-2-6-11-18/h1-14,16H,15H2,(H,26,31)(H2,27,28,33)(H,29,30,32). The zero-order valence-electron chi connectivity index (χ0n) is 17.9. The van der Waals surface area contributed by atoms with Crippen LogP contribution in [0.1, 0.15) is 16.1 Å². The fraction of sp³-hybridized carbons (Fsp3) is 0.0400. The zero-order chi connectivity index (χ0) is 23.8. The van der Waals surface area contributed by atoms with Crippen LogP contribution in [0.4, 0.5) is 27.0 Å². The minimum absolute atomic E-state index is 0.0455. The fourth-order valence-electron chi connectivity index (χ4n) is 3.06. The Morgan fingerprint density at radius 1 is 0.706 bits per heavy atom. The Balaban J connectivity index is 1.29. The Morgan fingerprint density at radius 3 is 2.06 bits per heavy atom. The van der Waals surface area contributed by atoms with Crippen LogP contribution in [0.15, 0.2) is 90.3 Å². The molecule has 4 amide bonds. The molecule has 0 spiro atoms. The maximum absolute atomic E-state index is 12.5. The lowest BCUT2D eigenvalue weighted by Gasteiger charge is -2.10. The fourth-order valence-corrected chi connectivity index (χ4v) is 3.77. The molecule has 0 fully saturated rings. The van der Waals surface area contributed by atoms with Crippen molar-refractivity contribution in [1.29, 1.82) is 0 Å². The van der Waals surface area contributed by atoms with Crippen LogP contribution >= 0.6 is 11.3 Å². The zero-order valence-corrected chi connectivity index (χ0v) is 18.8. The molecule has 0 saturated carbocycles. The van der Waals surface area contributed by atoms with E-state index in [1.54, 1.807) is 66.0 Å². The summed E-state index contributed by atoms with van der Waals surface area (Å²) in [5.74, 6) is -0.524. The topological polar surface area (TPSA) is 112 Å². The van der Waals surface area contributed by atoms with Crippen molar-refractivity contribution < 1.29 is 14.4 Å². The lowest BCUT2D eigenvalue weighted by atomic mass is 10.2. The van der Waals surface area contributed by atoms with Gasteiger partial charge in [-0.2, -0.15) is 0 Å². The third kappa shape index (κ3) is 6.50. The number of nitrogens with zero attached hydrogens (tertiary/aromatic N) is 1. The van der Waals surface area contributed by atoms with Gasteiger partial charge < -0.3 is 16.0 Å². The number of anilines is 4. The number of hydrogen-bond acceptors (Lipinski definition) is 5. The second-order valence-corrected chi connectivity index (χ2v) is 8.07. The minimum Gasteiger partial charge on any atom is -0.326 e. The Labute approximate surface area is 200 Å². The Morgan fingerprint density at radius 2 is 1.32 bits per heavy atom. The number of benzene rings is 3. The van der Waals surface area contributed by atoms with Crippen molar-refractivity contribution in [3.8, 4) is 0 Å². The molecule has 170 valence electrons. The first-order chi connectivity index (χ1) is 16.5. The van der Waals surface area contributed by atoms with Gasteiger partial charge in [0.05, 0.1) is 12.1 Å². The summed E-state index contributed by atoms with van der Waals surface area (Å²) in [4.78, 5) is 41.2. The molecule has 0 saturated heterocycles. The highest BCUT2D eigenvalue weighted by molar-refractivity contribution is 7.14. The molecule has 4 N–H and O–H groups in total. The molecule has 9 heteroatoms. The van der Waals surface area contributed by atoms with Crippen LogP contribution in [0.5, 0.6) is 0 Å². The lowest BCUT2D eigenvalue weighted by molar-refractivity contribution is -0.115. The first-order valence-electron chi connectivity index (χ1n) is 10.4. The van der Waals surface area contributed by atoms with Gasteiger partial charge in [-0.25, -0.2) is 9.78 Å². The maximum atomic E-state index is 12.5. The second kappa shape index (κ2) is 10.9. The molecule has 0 aliphatic carbocycles. The summed E-state index contributed by atoms with van der Waals surface area (Å²) in [5.41, 5.74) is 2.82. The first-order valence-corrected chi connectivity index (χ1v) is 11.3. The predicted molar refractivity (Wildman–Crippen MR) is 134 cm³/mol. The van der Waals surface area contributed by atoms with Gasteiger partial charge in [0.15, 0.2) is 5.13 Å². The number of urea groups is 1. The van der Waals surface area contributed by atoms with E-state index in [1.807, 2.05) is 24.3 Å². The SMILES string of the molecule is O=C(Cc1csc(NC(=O)c2ccccc2)n1)Nc1cccc(NC(=O)Nc2ccccc2)c1. The highest BCUT2D eigenvalue weighted by Crippen LogP contribution is 2.19. The van der Waals surface area contributed by atoms with E-state index in [2.05, 4.69) is 26.3 Å². The van der Waals surface area contributed by atoms with Crippen molar-refractivity contribution in [2.24, 2.45) is 0 Å². The Kier molecular flexibility index (Phi) is 7.26. The van der Waals surface area contributed by atoms with E-state index < -0.39 is 0 Å². The number of nitrogens with one attached hydrogen (secondary N) is 4. The largest absolute Gasteiger partial charge is 0.326 e. The van der Waals surface area contributed by atoms with Crippen molar-refractivity contribution >= 4 is 51.4 Å². The predicted octanol–water partition coefficient (Wildman–Crippen LogP) is 5.22. The van der Waals surface area contributed by atoms with Crippen LogP contribution in [0, 0.1) is 0 Å². The van der Waals surface area contributed by atoms with Gasteiger partial charge in [0.25, 0.3) is 5.91 Å². The Hall–Kier alpha value is -4.50. The number of carbonyl (C=O) groups excluding carboxylic acids is 3. The normalized spacial score (nSPS) is 10.2. The molecular weight excluding hydrogens is 450 g/mol. The van der Waals surface area contributed by atoms with Crippen LogP contribution in [-0.2, 0) is 11.2 Å². The molecule has 0 unspecified atom stereocenters. The molecule has 0 atom stereocenters. The van der Waals surface area contributed by atoms with Gasteiger partial charge in [-0.15, -0.1) is 11.3 Å². The highest BCUT2D eigenvalue weighted by Gasteiger charge is 2.12. The van der Waals surface area contributed by atoms with Crippen LogP contribution in [-0.4, -0.2) is 22.8 Å². The summed E-state index contributed by atoms with van der Waals surface area (Å²) in [6.07, 6.45) is 0.0455. The molecule has 3 aromatic carbocycles. The van der Waals surface area contributed by atoms with Crippen molar-refractivity contribution in [1.82, 2.24) is 4.98 Å². The van der Waals surface area contributed by atoms with Gasteiger partial charge in [-0.1, -0.05) is 42.5 Å². The number of aromatic nitrogens is 1. The van der Waals surface area contributed by atoms with Gasteiger partial charge in [0.2, 0.25) is 5.91 Å². The smallest absolute Gasteiger partial charge is 0.323 e. The van der Waals surface area contributed by atoms with Crippen molar-refractivity contribution in [2.75, 3.05) is 21.3 Å². The summed E-state index contributed by atoms with van der Waals surface area (Å²) >= 11 is 1.25. The maximum Gasteiger partial charge on any atom is 0.323 e.